The number of benzene rings is 2. The van der Waals surface area contributed by atoms with Gasteiger partial charge in [-0.3, -0.25) is 9.35 Å². The maximum absolute atomic E-state index is 12.2. The quantitative estimate of drug-likeness (QED) is 0.258. The van der Waals surface area contributed by atoms with Crippen LogP contribution in [0.15, 0.2) is 69.7 Å². The van der Waals surface area contributed by atoms with E-state index in [9.17, 15) is 13.2 Å². The first kappa shape index (κ1) is 20.6. The average Bonchev–Trinajstić information content (AvgIpc) is 2.61. The number of amides is 1. The zero-order valence-electron chi connectivity index (χ0n) is 14.0. The van der Waals surface area contributed by atoms with Crippen molar-refractivity contribution in [3.63, 3.8) is 0 Å². The Morgan fingerprint density at radius 1 is 1.22 bits per heavy atom. The van der Waals surface area contributed by atoms with Gasteiger partial charge in [-0.15, -0.1) is 0 Å². The number of anilines is 1. The van der Waals surface area contributed by atoms with E-state index in [2.05, 4.69) is 26.6 Å². The normalized spacial score (nSPS) is 11.5. The minimum Gasteiger partial charge on any atom is -0.389 e. The van der Waals surface area contributed by atoms with Crippen molar-refractivity contribution in [3.8, 4) is 6.07 Å². The maximum atomic E-state index is 12.2. The molecule has 2 aromatic rings. The molecule has 3 N–H and O–H groups in total. The fraction of sp³-hybridized carbons (Fsp3) is 0.111. The minimum absolute atomic E-state index is 0.144. The molecule has 0 bridgehead atoms. The molecule has 0 atom stereocenters. The van der Waals surface area contributed by atoms with Gasteiger partial charge in [0.05, 0.1) is 4.90 Å². The number of rotatable bonds is 7. The van der Waals surface area contributed by atoms with Gasteiger partial charge in [-0.25, -0.2) is 0 Å². The Morgan fingerprint density at radius 3 is 2.63 bits per heavy atom. The van der Waals surface area contributed by atoms with Crippen molar-refractivity contribution in [3.05, 3.63) is 70.3 Å². The van der Waals surface area contributed by atoms with Gasteiger partial charge in [0.1, 0.15) is 11.6 Å². The third-order valence-electron chi connectivity index (χ3n) is 3.45. The van der Waals surface area contributed by atoms with Gasteiger partial charge in [0, 0.05) is 22.9 Å². The van der Waals surface area contributed by atoms with E-state index in [1.165, 1.54) is 24.4 Å². The molecule has 2 aromatic carbocycles. The Balaban J connectivity index is 1.97. The molecule has 0 aliphatic carbocycles. The van der Waals surface area contributed by atoms with Gasteiger partial charge in [0.2, 0.25) is 0 Å². The monoisotopic (exact) mass is 449 g/mol. The first-order chi connectivity index (χ1) is 12.8. The van der Waals surface area contributed by atoms with Crippen LogP contribution in [-0.4, -0.2) is 25.4 Å². The number of halogens is 1. The lowest BCUT2D eigenvalue weighted by molar-refractivity contribution is -0.112. The smallest absolute Gasteiger partial charge is 0.294 e. The van der Waals surface area contributed by atoms with Gasteiger partial charge in [-0.2, -0.15) is 13.7 Å². The van der Waals surface area contributed by atoms with E-state index in [0.717, 1.165) is 16.1 Å². The van der Waals surface area contributed by atoms with E-state index >= 15 is 0 Å². The highest BCUT2D eigenvalue weighted by Gasteiger charge is 2.13. The van der Waals surface area contributed by atoms with Gasteiger partial charge in [-0.05, 0) is 42.3 Å². The molecule has 0 saturated carbocycles. The molecular weight excluding hydrogens is 434 g/mol. The van der Waals surface area contributed by atoms with Crippen LogP contribution >= 0.6 is 15.9 Å². The molecular formula is C18H16BrN3O4S. The number of hydrogen-bond acceptors (Lipinski definition) is 5. The zero-order valence-corrected chi connectivity index (χ0v) is 16.4. The molecule has 0 radical (unpaired) electrons. The van der Waals surface area contributed by atoms with E-state index < -0.39 is 16.0 Å². The van der Waals surface area contributed by atoms with Crippen molar-refractivity contribution >= 4 is 37.6 Å². The minimum atomic E-state index is -4.38. The highest BCUT2D eigenvalue weighted by atomic mass is 79.9. The van der Waals surface area contributed by atoms with Crippen LogP contribution in [0.4, 0.5) is 5.69 Å². The van der Waals surface area contributed by atoms with Gasteiger partial charge in [-0.1, -0.05) is 34.1 Å². The fourth-order valence-electron chi connectivity index (χ4n) is 2.16. The van der Waals surface area contributed by atoms with Gasteiger partial charge >= 0.3 is 0 Å². The molecule has 0 aliphatic rings. The van der Waals surface area contributed by atoms with Crippen LogP contribution in [0.3, 0.4) is 0 Å². The first-order valence-corrected chi connectivity index (χ1v) is 10.00. The molecule has 1 amide bonds. The lowest BCUT2D eigenvalue weighted by atomic mass is 10.1. The van der Waals surface area contributed by atoms with Gasteiger partial charge < -0.3 is 10.6 Å². The van der Waals surface area contributed by atoms with Crippen LogP contribution in [0.5, 0.6) is 0 Å². The summed E-state index contributed by atoms with van der Waals surface area (Å²) in [6.07, 6.45) is 2.01. The summed E-state index contributed by atoms with van der Waals surface area (Å²) in [7, 11) is -4.38. The summed E-state index contributed by atoms with van der Waals surface area (Å²) in [5.41, 5.74) is 1.07. The number of nitrogens with zero attached hydrogens (tertiary/aromatic N) is 1. The molecule has 0 spiro atoms. The third kappa shape index (κ3) is 6.53. The maximum Gasteiger partial charge on any atom is 0.294 e. The Bertz CT molecular complexity index is 1010. The number of nitriles is 1. The van der Waals surface area contributed by atoms with Crippen molar-refractivity contribution in [2.45, 2.75) is 11.3 Å². The van der Waals surface area contributed by atoms with Crippen molar-refractivity contribution < 1.29 is 17.8 Å². The van der Waals surface area contributed by atoms with Crippen LogP contribution in [0, 0.1) is 11.3 Å². The molecule has 0 aliphatic heterocycles. The van der Waals surface area contributed by atoms with Gasteiger partial charge in [0.25, 0.3) is 16.0 Å². The van der Waals surface area contributed by atoms with Crippen molar-refractivity contribution in [1.29, 1.82) is 5.26 Å². The SMILES string of the molecule is N#C/C(=C/NCCc1cccc(Br)c1)C(=O)Nc1cccc(S(=O)(=O)O)c1. The standard InChI is InChI=1S/C18H16BrN3O4S/c19-15-4-1-3-13(9-15)7-8-21-12-14(11-20)18(23)22-16-5-2-6-17(10-16)27(24,25)26/h1-6,9-10,12,21H,7-8H2,(H,22,23)(H,24,25,26)/b14-12-. The van der Waals surface area contributed by atoms with Crippen LogP contribution in [0.1, 0.15) is 5.56 Å². The lowest BCUT2D eigenvalue weighted by Crippen LogP contribution is -2.18. The molecule has 0 aromatic heterocycles. The molecule has 0 saturated heterocycles. The summed E-state index contributed by atoms with van der Waals surface area (Å²) >= 11 is 3.39. The van der Waals surface area contributed by atoms with Crippen molar-refractivity contribution in [2.75, 3.05) is 11.9 Å². The molecule has 27 heavy (non-hydrogen) atoms. The number of carbonyl (C=O) groups excluding carboxylic acids is 1. The Morgan fingerprint density at radius 2 is 1.96 bits per heavy atom. The second-order valence-electron chi connectivity index (χ2n) is 5.46. The number of carbonyl (C=O) groups is 1. The van der Waals surface area contributed by atoms with Crippen LogP contribution in [0.2, 0.25) is 0 Å². The summed E-state index contributed by atoms with van der Waals surface area (Å²) in [5, 5.41) is 14.5. The molecule has 7 nitrogen and oxygen atoms in total. The molecule has 2 rings (SSSR count). The number of nitrogens with one attached hydrogen (secondary N) is 2. The molecule has 140 valence electrons. The summed E-state index contributed by atoms with van der Waals surface area (Å²) in [6.45, 7) is 0.521. The second-order valence-corrected chi connectivity index (χ2v) is 7.80. The highest BCUT2D eigenvalue weighted by molar-refractivity contribution is 9.10. The predicted octanol–water partition coefficient (Wildman–Crippen LogP) is 2.87. The van der Waals surface area contributed by atoms with E-state index in [1.54, 1.807) is 6.07 Å². The first-order valence-electron chi connectivity index (χ1n) is 7.76. The molecule has 9 heteroatoms. The fourth-order valence-corrected chi connectivity index (χ4v) is 3.14. The molecule has 0 heterocycles. The molecule has 0 unspecified atom stereocenters. The Hall–Kier alpha value is -2.67. The van der Waals surface area contributed by atoms with E-state index in [4.69, 9.17) is 9.81 Å². The average molecular weight is 450 g/mol. The number of hydrogen-bond donors (Lipinski definition) is 3. The lowest BCUT2D eigenvalue weighted by Gasteiger charge is -2.06. The van der Waals surface area contributed by atoms with Crippen molar-refractivity contribution in [2.24, 2.45) is 0 Å². The third-order valence-corrected chi connectivity index (χ3v) is 4.79. The molecule has 0 fully saturated rings. The second kappa shape index (κ2) is 9.32. The van der Waals surface area contributed by atoms with Crippen LogP contribution < -0.4 is 10.6 Å². The summed E-state index contributed by atoms with van der Waals surface area (Å²) < 4.78 is 32.3. The summed E-state index contributed by atoms with van der Waals surface area (Å²) in [4.78, 5) is 11.8. The Kier molecular flexibility index (Phi) is 7.12. The summed E-state index contributed by atoms with van der Waals surface area (Å²) in [6, 6.07) is 14.7. The van der Waals surface area contributed by atoms with Gasteiger partial charge in [0.15, 0.2) is 0 Å². The largest absolute Gasteiger partial charge is 0.389 e. The van der Waals surface area contributed by atoms with Crippen LogP contribution in [0.25, 0.3) is 0 Å². The zero-order chi connectivity index (χ0) is 19.9. The van der Waals surface area contributed by atoms with Crippen molar-refractivity contribution in [1.82, 2.24) is 5.32 Å². The van der Waals surface area contributed by atoms with E-state index in [1.807, 2.05) is 24.3 Å². The Labute approximate surface area is 165 Å². The van der Waals surface area contributed by atoms with E-state index in [-0.39, 0.29) is 16.2 Å². The van der Waals surface area contributed by atoms with Crippen LogP contribution in [-0.2, 0) is 21.3 Å². The highest BCUT2D eigenvalue weighted by Crippen LogP contribution is 2.16. The predicted molar refractivity (Wildman–Crippen MR) is 104 cm³/mol. The summed E-state index contributed by atoms with van der Waals surface area (Å²) in [5.74, 6) is -0.694. The van der Waals surface area contributed by atoms with E-state index in [0.29, 0.717) is 13.0 Å². The topological polar surface area (TPSA) is 119 Å².